The van der Waals surface area contributed by atoms with Crippen LogP contribution < -0.4 is 0 Å². The summed E-state index contributed by atoms with van der Waals surface area (Å²) < 4.78 is 0. The molecule has 2 aliphatic rings. The molecule has 0 spiro atoms. The lowest BCUT2D eigenvalue weighted by molar-refractivity contribution is -0.154. The molecule has 1 heterocycles. The first-order chi connectivity index (χ1) is 15.7. The summed E-state index contributed by atoms with van der Waals surface area (Å²) in [5, 5.41) is 2.66. The van der Waals surface area contributed by atoms with Gasteiger partial charge in [-0.25, -0.2) is 5.01 Å². The van der Waals surface area contributed by atoms with Crippen LogP contribution in [0.1, 0.15) is 46.9 Å². The van der Waals surface area contributed by atoms with Crippen LogP contribution in [0.25, 0.3) is 0 Å². The molecule has 2 fully saturated rings. The first kappa shape index (κ1) is 23.7. The average Bonchev–Trinajstić information content (AvgIpc) is 3.03. The third-order valence-electron chi connectivity index (χ3n) is 6.27. The van der Waals surface area contributed by atoms with Gasteiger partial charge < -0.3 is 0 Å². The van der Waals surface area contributed by atoms with Crippen molar-refractivity contribution in [1.29, 1.82) is 0 Å². The van der Waals surface area contributed by atoms with Gasteiger partial charge in [-0.15, -0.1) is 0 Å². The predicted octanol–water partition coefficient (Wildman–Crippen LogP) is 5.31. The van der Waals surface area contributed by atoms with Crippen LogP contribution in [0.15, 0.2) is 42.5 Å². The van der Waals surface area contributed by atoms with E-state index in [0.717, 1.165) is 16.4 Å². The molecule has 0 unspecified atom stereocenters. The number of imide groups is 1. The molecule has 1 aliphatic carbocycles. The zero-order chi connectivity index (χ0) is 23.9. The van der Waals surface area contributed by atoms with Crippen LogP contribution in [0.3, 0.4) is 0 Å². The van der Waals surface area contributed by atoms with Gasteiger partial charge in [-0.3, -0.25) is 19.2 Å². The summed E-state index contributed by atoms with van der Waals surface area (Å²) >= 11 is 18.0. The summed E-state index contributed by atoms with van der Waals surface area (Å²) in [5.74, 6) is -2.70. The smallest absolute Gasteiger partial charge is 0.273 e. The minimum atomic E-state index is -0.690. The molecule has 3 atom stereocenters. The van der Waals surface area contributed by atoms with Gasteiger partial charge in [0.2, 0.25) is 0 Å². The Kier molecular flexibility index (Phi) is 6.80. The standard InChI is InChI=1S/C24H21Cl3N2O4/c1-13-2-8-17-18(10-13)24(33)29(23(17)32)28(12-21(30)14-3-6-16(25)7-4-14)22(31)15-5-9-19(26)20(27)11-15/h3-7,9,11,13,17-18H,2,8,10,12H2,1H3/t13-,17-,18-/m1/s1. The van der Waals surface area contributed by atoms with E-state index in [4.69, 9.17) is 34.8 Å². The topological polar surface area (TPSA) is 74.8 Å². The normalized spacial score (nSPS) is 22.3. The molecule has 2 aromatic rings. The van der Waals surface area contributed by atoms with E-state index in [1.807, 2.05) is 6.92 Å². The molecule has 0 bridgehead atoms. The third-order valence-corrected chi connectivity index (χ3v) is 7.26. The van der Waals surface area contributed by atoms with Crippen molar-refractivity contribution in [1.82, 2.24) is 10.0 Å². The van der Waals surface area contributed by atoms with E-state index in [-0.39, 0.29) is 15.6 Å². The second-order valence-corrected chi connectivity index (χ2v) is 9.79. The van der Waals surface area contributed by atoms with Gasteiger partial charge in [0, 0.05) is 16.1 Å². The molecule has 0 aromatic heterocycles. The second-order valence-electron chi connectivity index (χ2n) is 8.54. The monoisotopic (exact) mass is 506 g/mol. The highest BCUT2D eigenvalue weighted by atomic mass is 35.5. The number of carbonyl (C=O) groups excluding carboxylic acids is 4. The summed E-state index contributed by atoms with van der Waals surface area (Å²) in [6.07, 6.45) is 1.98. The zero-order valence-corrected chi connectivity index (χ0v) is 20.0. The quantitative estimate of drug-likeness (QED) is 0.406. The van der Waals surface area contributed by atoms with Gasteiger partial charge in [-0.1, -0.05) is 41.7 Å². The van der Waals surface area contributed by atoms with Crippen molar-refractivity contribution >= 4 is 58.3 Å². The van der Waals surface area contributed by atoms with Crippen molar-refractivity contribution in [2.45, 2.75) is 26.2 Å². The molecule has 9 heteroatoms. The lowest BCUT2D eigenvalue weighted by atomic mass is 9.76. The van der Waals surface area contributed by atoms with Crippen molar-refractivity contribution in [3.05, 3.63) is 68.7 Å². The molecule has 1 saturated carbocycles. The molecule has 0 radical (unpaired) electrons. The number of rotatable bonds is 5. The van der Waals surface area contributed by atoms with Gasteiger partial charge >= 0.3 is 0 Å². The first-order valence-corrected chi connectivity index (χ1v) is 11.7. The lowest BCUT2D eigenvalue weighted by Gasteiger charge is -2.30. The molecule has 4 rings (SSSR count). The first-order valence-electron chi connectivity index (χ1n) is 10.6. The van der Waals surface area contributed by atoms with Gasteiger partial charge in [0.05, 0.1) is 21.9 Å². The number of Topliss-reactive ketones (excluding diaryl/α,β-unsaturated/α-hetero) is 1. The zero-order valence-electron chi connectivity index (χ0n) is 17.8. The maximum Gasteiger partial charge on any atom is 0.273 e. The predicted molar refractivity (Wildman–Crippen MR) is 125 cm³/mol. The molecule has 33 heavy (non-hydrogen) atoms. The molecule has 1 saturated heterocycles. The number of hydrazine groups is 1. The maximum absolute atomic E-state index is 13.5. The van der Waals surface area contributed by atoms with Crippen LogP contribution >= 0.6 is 34.8 Å². The van der Waals surface area contributed by atoms with Crippen LogP contribution in [0.2, 0.25) is 15.1 Å². The number of amides is 3. The van der Waals surface area contributed by atoms with Crippen molar-refractivity contribution in [2.24, 2.45) is 17.8 Å². The van der Waals surface area contributed by atoms with Crippen molar-refractivity contribution < 1.29 is 19.2 Å². The SMILES string of the molecule is C[C@@H]1CC[C@H]2C(=O)N(N(CC(=O)c3ccc(Cl)cc3)C(=O)c3ccc(Cl)c(Cl)c3)C(=O)[C@@H]2C1. The Hall–Kier alpha value is -2.41. The van der Waals surface area contributed by atoms with E-state index in [9.17, 15) is 19.2 Å². The molecule has 2 aromatic carbocycles. The maximum atomic E-state index is 13.5. The fourth-order valence-corrected chi connectivity index (χ4v) is 4.91. The highest BCUT2D eigenvalue weighted by molar-refractivity contribution is 6.42. The molecule has 172 valence electrons. The van der Waals surface area contributed by atoms with Gasteiger partial charge in [0.15, 0.2) is 5.78 Å². The van der Waals surface area contributed by atoms with Crippen molar-refractivity contribution in [3.63, 3.8) is 0 Å². The second kappa shape index (κ2) is 9.45. The number of hydrogen-bond acceptors (Lipinski definition) is 4. The summed E-state index contributed by atoms with van der Waals surface area (Å²) in [4.78, 5) is 53.1. The van der Waals surface area contributed by atoms with E-state index in [2.05, 4.69) is 0 Å². The van der Waals surface area contributed by atoms with E-state index in [1.54, 1.807) is 12.1 Å². The van der Waals surface area contributed by atoms with Crippen LogP contribution in [0.4, 0.5) is 0 Å². The average molecular weight is 508 g/mol. The summed E-state index contributed by atoms with van der Waals surface area (Å²) in [7, 11) is 0. The highest BCUT2D eigenvalue weighted by Gasteiger charge is 2.52. The van der Waals surface area contributed by atoms with Gasteiger partial charge in [-0.2, -0.15) is 5.01 Å². The Balaban J connectivity index is 1.70. The molecule has 1 aliphatic heterocycles. The molecular weight excluding hydrogens is 487 g/mol. The van der Waals surface area contributed by atoms with Gasteiger partial charge in [-0.05, 0) is 67.6 Å². The third kappa shape index (κ3) is 4.65. The Morgan fingerprint density at radius 2 is 1.55 bits per heavy atom. The molecule has 0 N–H and O–H groups in total. The Morgan fingerprint density at radius 1 is 0.909 bits per heavy atom. The minimum absolute atomic E-state index is 0.108. The summed E-state index contributed by atoms with van der Waals surface area (Å²) in [5.41, 5.74) is 0.411. The number of hydrogen-bond donors (Lipinski definition) is 0. The minimum Gasteiger partial charge on any atom is -0.292 e. The number of ketones is 1. The fraction of sp³-hybridized carbons (Fsp3) is 0.333. The van der Waals surface area contributed by atoms with E-state index < -0.39 is 41.9 Å². The van der Waals surface area contributed by atoms with Gasteiger partial charge in [0.25, 0.3) is 17.7 Å². The van der Waals surface area contributed by atoms with Crippen LogP contribution in [-0.2, 0) is 9.59 Å². The molecular formula is C24H21Cl3N2O4. The summed E-state index contributed by atoms with van der Waals surface area (Å²) in [6, 6.07) is 10.4. The lowest BCUT2D eigenvalue weighted by Crippen LogP contribution is -2.52. The van der Waals surface area contributed by atoms with Gasteiger partial charge in [0.1, 0.15) is 6.54 Å². The molecule has 3 amide bonds. The van der Waals surface area contributed by atoms with Crippen LogP contribution in [0, 0.1) is 17.8 Å². The van der Waals surface area contributed by atoms with E-state index in [0.29, 0.717) is 29.3 Å². The number of benzene rings is 2. The Labute approximate surface area is 206 Å². The van der Waals surface area contributed by atoms with Crippen molar-refractivity contribution in [2.75, 3.05) is 6.54 Å². The number of halogens is 3. The largest absolute Gasteiger partial charge is 0.292 e. The number of nitrogens with zero attached hydrogens (tertiary/aromatic N) is 2. The molecule has 6 nitrogen and oxygen atoms in total. The number of carbonyl (C=O) groups is 4. The van der Waals surface area contributed by atoms with Crippen LogP contribution in [0.5, 0.6) is 0 Å². The number of fused-ring (bicyclic) bond motifs is 1. The van der Waals surface area contributed by atoms with E-state index in [1.165, 1.54) is 30.3 Å². The van der Waals surface area contributed by atoms with Crippen molar-refractivity contribution in [3.8, 4) is 0 Å². The van der Waals surface area contributed by atoms with Crippen LogP contribution in [-0.4, -0.2) is 40.1 Å². The summed E-state index contributed by atoms with van der Waals surface area (Å²) in [6.45, 7) is 1.55. The van der Waals surface area contributed by atoms with E-state index >= 15 is 0 Å². The Bertz CT molecular complexity index is 1140. The fourth-order valence-electron chi connectivity index (χ4n) is 4.48. The highest BCUT2D eigenvalue weighted by Crippen LogP contribution is 2.41. The Morgan fingerprint density at radius 3 is 2.21 bits per heavy atom.